The van der Waals surface area contributed by atoms with Crippen LogP contribution in [0.15, 0.2) is 24.3 Å². The van der Waals surface area contributed by atoms with Crippen LogP contribution in [0.1, 0.15) is 31.4 Å². The van der Waals surface area contributed by atoms with E-state index in [9.17, 15) is 0 Å². The molecule has 1 aliphatic rings. The van der Waals surface area contributed by atoms with Crippen LogP contribution >= 0.6 is 11.6 Å². The van der Waals surface area contributed by atoms with Crippen LogP contribution in [0, 0.1) is 0 Å². The van der Waals surface area contributed by atoms with E-state index < -0.39 is 0 Å². The molecule has 1 aromatic heterocycles. The van der Waals surface area contributed by atoms with E-state index in [-0.39, 0.29) is 0 Å². The van der Waals surface area contributed by atoms with Gasteiger partial charge in [-0.25, -0.2) is 0 Å². The smallest absolute Gasteiger partial charge is 0.152 e. The van der Waals surface area contributed by atoms with E-state index in [1.54, 1.807) is 0 Å². The molecule has 0 bridgehead atoms. The first-order valence-electron chi connectivity index (χ1n) is 7.18. The Morgan fingerprint density at radius 2 is 1.60 bits per heavy atom. The van der Waals surface area contributed by atoms with Gasteiger partial charge in [-0.2, -0.15) is 0 Å². The second kappa shape index (κ2) is 5.83. The highest BCUT2D eigenvalue weighted by molar-refractivity contribution is 6.16. The Labute approximate surface area is 124 Å². The predicted molar refractivity (Wildman–Crippen MR) is 81.7 cm³/mol. The minimum atomic E-state index is 0.376. The summed E-state index contributed by atoms with van der Waals surface area (Å²) >= 11 is 5.96. The van der Waals surface area contributed by atoms with E-state index in [0.717, 1.165) is 23.8 Å². The highest BCUT2D eigenvalue weighted by Crippen LogP contribution is 2.23. The second-order valence-electron chi connectivity index (χ2n) is 5.07. The lowest BCUT2D eigenvalue weighted by atomic mass is 10.2. The lowest BCUT2D eigenvalue weighted by Crippen LogP contribution is -2.17. The molecule has 0 unspecified atom stereocenters. The quantitative estimate of drug-likeness (QED) is 0.811. The van der Waals surface area contributed by atoms with Gasteiger partial charge in [0, 0.05) is 30.9 Å². The first-order chi connectivity index (χ1) is 9.83. The Hall–Kier alpha value is -1.55. The van der Waals surface area contributed by atoms with Crippen LogP contribution in [0.25, 0.3) is 5.69 Å². The van der Waals surface area contributed by atoms with Crippen molar-refractivity contribution in [3.8, 4) is 5.69 Å². The first kappa shape index (κ1) is 13.4. The largest absolute Gasteiger partial charge is 0.372 e. The maximum Gasteiger partial charge on any atom is 0.152 e. The molecule has 3 rings (SSSR count). The minimum Gasteiger partial charge on any atom is -0.372 e. The van der Waals surface area contributed by atoms with Gasteiger partial charge in [-0.05, 0) is 37.1 Å². The number of nitrogens with zero attached hydrogens (tertiary/aromatic N) is 4. The van der Waals surface area contributed by atoms with Gasteiger partial charge in [0.15, 0.2) is 5.82 Å². The third-order valence-electron chi connectivity index (χ3n) is 3.81. The highest BCUT2D eigenvalue weighted by Gasteiger charge is 2.14. The summed E-state index contributed by atoms with van der Waals surface area (Å²) in [6, 6.07) is 8.62. The van der Waals surface area contributed by atoms with Crippen LogP contribution in [-0.2, 0) is 12.3 Å². The minimum absolute atomic E-state index is 0.376. The van der Waals surface area contributed by atoms with Gasteiger partial charge >= 0.3 is 0 Å². The molecular weight excluding hydrogens is 272 g/mol. The van der Waals surface area contributed by atoms with E-state index in [1.165, 1.54) is 31.6 Å². The number of anilines is 1. The molecule has 2 aromatic rings. The fourth-order valence-electron chi connectivity index (χ4n) is 2.76. The summed E-state index contributed by atoms with van der Waals surface area (Å²) in [7, 11) is 0. The lowest BCUT2D eigenvalue weighted by Gasteiger charge is -2.18. The SMILES string of the molecule is CCc1nnc(CCl)n1-c1ccc(N2CCCC2)cc1. The van der Waals surface area contributed by atoms with Gasteiger partial charge in [0.05, 0.1) is 5.88 Å². The predicted octanol–water partition coefficient (Wildman–Crippen LogP) is 3.17. The molecule has 1 fully saturated rings. The van der Waals surface area contributed by atoms with Crippen molar-refractivity contribution in [1.82, 2.24) is 14.8 Å². The summed E-state index contributed by atoms with van der Waals surface area (Å²) in [5.41, 5.74) is 2.38. The molecule has 1 saturated heterocycles. The number of hydrogen-bond acceptors (Lipinski definition) is 3. The number of aromatic nitrogens is 3. The summed E-state index contributed by atoms with van der Waals surface area (Å²) in [6.07, 6.45) is 3.44. The molecule has 20 heavy (non-hydrogen) atoms. The summed E-state index contributed by atoms with van der Waals surface area (Å²) in [5, 5.41) is 8.35. The fraction of sp³-hybridized carbons (Fsp3) is 0.467. The van der Waals surface area contributed by atoms with Crippen LogP contribution in [0.5, 0.6) is 0 Å². The number of alkyl halides is 1. The van der Waals surface area contributed by atoms with Crippen LogP contribution in [-0.4, -0.2) is 27.9 Å². The summed E-state index contributed by atoms with van der Waals surface area (Å²) < 4.78 is 2.06. The molecule has 0 N–H and O–H groups in total. The van der Waals surface area contributed by atoms with Crippen molar-refractivity contribution in [2.75, 3.05) is 18.0 Å². The number of hydrogen-bond donors (Lipinski definition) is 0. The van der Waals surface area contributed by atoms with Crippen LogP contribution in [0.3, 0.4) is 0 Å². The van der Waals surface area contributed by atoms with E-state index in [0.29, 0.717) is 5.88 Å². The van der Waals surface area contributed by atoms with Crippen molar-refractivity contribution < 1.29 is 0 Å². The van der Waals surface area contributed by atoms with Gasteiger partial charge in [0.2, 0.25) is 0 Å². The van der Waals surface area contributed by atoms with Crippen molar-refractivity contribution in [3.05, 3.63) is 35.9 Å². The third-order valence-corrected chi connectivity index (χ3v) is 4.05. The van der Waals surface area contributed by atoms with Gasteiger partial charge in [0.25, 0.3) is 0 Å². The third kappa shape index (κ3) is 2.40. The summed E-state index contributed by atoms with van der Waals surface area (Å²) in [6.45, 7) is 4.41. The standard InChI is InChI=1S/C15H19ClN4/c1-2-14-17-18-15(11-16)20(14)13-7-5-12(6-8-13)19-9-3-4-10-19/h5-8H,2-4,9-11H2,1H3. The zero-order valence-electron chi connectivity index (χ0n) is 11.7. The zero-order valence-corrected chi connectivity index (χ0v) is 12.5. The van der Waals surface area contributed by atoms with E-state index in [1.807, 2.05) is 0 Å². The van der Waals surface area contributed by atoms with E-state index in [2.05, 4.69) is 50.9 Å². The van der Waals surface area contributed by atoms with E-state index in [4.69, 9.17) is 11.6 Å². The average Bonchev–Trinajstić information content (AvgIpc) is 3.16. The Kier molecular flexibility index (Phi) is 3.92. The molecule has 0 spiro atoms. The van der Waals surface area contributed by atoms with Crippen molar-refractivity contribution in [3.63, 3.8) is 0 Å². The molecule has 2 heterocycles. The number of benzene rings is 1. The maximum atomic E-state index is 5.96. The normalized spacial score (nSPS) is 15.0. The van der Waals surface area contributed by atoms with Gasteiger partial charge in [0.1, 0.15) is 5.82 Å². The zero-order chi connectivity index (χ0) is 13.9. The fourth-order valence-corrected chi connectivity index (χ4v) is 2.93. The van der Waals surface area contributed by atoms with Gasteiger partial charge in [-0.15, -0.1) is 21.8 Å². The van der Waals surface area contributed by atoms with Crippen molar-refractivity contribution in [2.24, 2.45) is 0 Å². The Bertz CT molecular complexity index is 549. The van der Waals surface area contributed by atoms with Crippen LogP contribution in [0.4, 0.5) is 5.69 Å². The maximum absolute atomic E-state index is 5.96. The van der Waals surface area contributed by atoms with Gasteiger partial charge in [-0.3, -0.25) is 4.57 Å². The Morgan fingerprint density at radius 1 is 1.00 bits per heavy atom. The molecule has 0 radical (unpaired) electrons. The lowest BCUT2D eigenvalue weighted by molar-refractivity contribution is 0.866. The molecule has 0 aliphatic carbocycles. The summed E-state index contributed by atoms with van der Waals surface area (Å²) in [4.78, 5) is 2.43. The van der Waals surface area contributed by atoms with Crippen LogP contribution in [0.2, 0.25) is 0 Å². The van der Waals surface area contributed by atoms with Crippen molar-refractivity contribution in [1.29, 1.82) is 0 Å². The average molecular weight is 291 g/mol. The van der Waals surface area contributed by atoms with E-state index >= 15 is 0 Å². The molecule has 5 heteroatoms. The molecule has 4 nitrogen and oxygen atoms in total. The molecule has 0 saturated carbocycles. The summed E-state index contributed by atoms with van der Waals surface area (Å²) in [5.74, 6) is 2.13. The molecule has 0 atom stereocenters. The number of halogens is 1. The van der Waals surface area contributed by atoms with Gasteiger partial charge < -0.3 is 4.90 Å². The molecule has 106 valence electrons. The Morgan fingerprint density at radius 3 is 2.20 bits per heavy atom. The first-order valence-corrected chi connectivity index (χ1v) is 7.71. The topological polar surface area (TPSA) is 34.0 Å². The second-order valence-corrected chi connectivity index (χ2v) is 5.33. The molecule has 1 aromatic carbocycles. The Balaban J connectivity index is 1.92. The number of rotatable bonds is 4. The van der Waals surface area contributed by atoms with Crippen molar-refractivity contribution in [2.45, 2.75) is 32.1 Å². The molecule has 0 amide bonds. The van der Waals surface area contributed by atoms with Crippen molar-refractivity contribution >= 4 is 17.3 Å². The van der Waals surface area contributed by atoms with Gasteiger partial charge in [-0.1, -0.05) is 6.92 Å². The monoisotopic (exact) mass is 290 g/mol. The highest BCUT2D eigenvalue weighted by atomic mass is 35.5. The van der Waals surface area contributed by atoms with Crippen LogP contribution < -0.4 is 4.90 Å². The number of aryl methyl sites for hydroxylation is 1. The molecule has 1 aliphatic heterocycles. The molecular formula is C15H19ClN4.